The molecule has 0 N–H and O–H groups in total. The van der Waals surface area contributed by atoms with Crippen molar-refractivity contribution in [1.82, 2.24) is 15.1 Å². The highest BCUT2D eigenvalue weighted by Crippen LogP contribution is 2.37. The number of aromatic nitrogens is 3. The first kappa shape index (κ1) is 15.6. The molecule has 0 fully saturated rings. The molecule has 0 aliphatic heterocycles. The van der Waals surface area contributed by atoms with Gasteiger partial charge in [0.15, 0.2) is 10.8 Å². The number of thiazole rings is 1. The van der Waals surface area contributed by atoms with Crippen LogP contribution in [-0.4, -0.2) is 28.1 Å². The average Bonchev–Trinajstić information content (AvgIpc) is 3.21. The second-order valence-corrected chi connectivity index (χ2v) is 6.09. The molecule has 0 spiro atoms. The SMILES string of the molecule is CCc1cc(C(=O)N(C)c2sc(-c3cccnc3)nc2Cl)no1. The molecule has 0 saturated heterocycles. The average molecular weight is 349 g/mol. The fraction of sp³-hybridized carbons (Fsp3) is 0.200. The Morgan fingerprint density at radius 1 is 1.48 bits per heavy atom. The molecule has 0 aliphatic rings. The van der Waals surface area contributed by atoms with Gasteiger partial charge in [-0.2, -0.15) is 0 Å². The van der Waals surface area contributed by atoms with E-state index in [1.807, 2.05) is 19.1 Å². The van der Waals surface area contributed by atoms with Crippen LogP contribution in [0, 0.1) is 0 Å². The minimum atomic E-state index is -0.295. The smallest absolute Gasteiger partial charge is 0.280 e. The highest BCUT2D eigenvalue weighted by Gasteiger charge is 2.23. The van der Waals surface area contributed by atoms with Gasteiger partial charge >= 0.3 is 0 Å². The van der Waals surface area contributed by atoms with E-state index in [4.69, 9.17) is 16.1 Å². The van der Waals surface area contributed by atoms with Crippen LogP contribution in [-0.2, 0) is 6.42 Å². The van der Waals surface area contributed by atoms with Gasteiger partial charge in [-0.15, -0.1) is 0 Å². The molecule has 0 aromatic carbocycles. The Hall–Kier alpha value is -2.25. The molecule has 3 aromatic rings. The quantitative estimate of drug-likeness (QED) is 0.719. The van der Waals surface area contributed by atoms with Crippen LogP contribution in [0.5, 0.6) is 0 Å². The Balaban J connectivity index is 1.89. The predicted molar refractivity (Wildman–Crippen MR) is 89.0 cm³/mol. The number of anilines is 1. The topological polar surface area (TPSA) is 72.1 Å². The third-order valence-electron chi connectivity index (χ3n) is 3.21. The molecule has 0 aliphatic carbocycles. The Morgan fingerprint density at radius 2 is 2.30 bits per heavy atom. The number of carbonyl (C=O) groups is 1. The van der Waals surface area contributed by atoms with Gasteiger partial charge in [0, 0.05) is 37.5 Å². The van der Waals surface area contributed by atoms with E-state index in [1.54, 1.807) is 25.5 Å². The monoisotopic (exact) mass is 348 g/mol. The molecule has 3 rings (SSSR count). The number of rotatable bonds is 4. The lowest BCUT2D eigenvalue weighted by Gasteiger charge is -2.12. The third-order valence-corrected chi connectivity index (χ3v) is 4.77. The number of pyridine rings is 1. The number of hydrogen-bond acceptors (Lipinski definition) is 6. The highest BCUT2D eigenvalue weighted by atomic mass is 35.5. The van der Waals surface area contributed by atoms with E-state index in [-0.39, 0.29) is 16.8 Å². The summed E-state index contributed by atoms with van der Waals surface area (Å²) >= 11 is 7.51. The van der Waals surface area contributed by atoms with E-state index in [1.165, 1.54) is 16.2 Å². The van der Waals surface area contributed by atoms with Crippen LogP contribution < -0.4 is 4.90 Å². The highest BCUT2D eigenvalue weighted by molar-refractivity contribution is 7.19. The predicted octanol–water partition coefficient (Wildman–Crippen LogP) is 3.69. The lowest BCUT2D eigenvalue weighted by Crippen LogP contribution is -2.25. The van der Waals surface area contributed by atoms with E-state index in [9.17, 15) is 4.79 Å². The summed E-state index contributed by atoms with van der Waals surface area (Å²) in [6.07, 6.45) is 4.06. The zero-order chi connectivity index (χ0) is 16.4. The Morgan fingerprint density at radius 3 is 2.96 bits per heavy atom. The van der Waals surface area contributed by atoms with Gasteiger partial charge < -0.3 is 4.52 Å². The standard InChI is InChI=1S/C15H13ClN4O2S/c1-3-10-7-11(19-22-10)14(21)20(2)15-12(16)18-13(23-15)9-5-4-6-17-8-9/h4-8H,3H2,1-2H3. The van der Waals surface area contributed by atoms with Gasteiger partial charge in [-0.1, -0.05) is 35.0 Å². The van der Waals surface area contributed by atoms with E-state index in [0.29, 0.717) is 22.2 Å². The summed E-state index contributed by atoms with van der Waals surface area (Å²) < 4.78 is 5.07. The number of nitrogens with zero attached hydrogens (tertiary/aromatic N) is 4. The molecule has 1 amide bonds. The third kappa shape index (κ3) is 3.11. The minimum Gasteiger partial charge on any atom is -0.361 e. The van der Waals surface area contributed by atoms with Gasteiger partial charge in [-0.25, -0.2) is 4.98 Å². The van der Waals surface area contributed by atoms with Gasteiger partial charge in [0.1, 0.15) is 15.8 Å². The van der Waals surface area contributed by atoms with E-state index < -0.39 is 0 Å². The Kier molecular flexibility index (Phi) is 4.40. The molecule has 0 atom stereocenters. The van der Waals surface area contributed by atoms with Crippen molar-refractivity contribution >= 4 is 33.8 Å². The maximum absolute atomic E-state index is 12.5. The van der Waals surface area contributed by atoms with Gasteiger partial charge in [0.25, 0.3) is 5.91 Å². The van der Waals surface area contributed by atoms with Crippen LogP contribution in [0.4, 0.5) is 5.00 Å². The van der Waals surface area contributed by atoms with Gasteiger partial charge in [0.2, 0.25) is 0 Å². The minimum absolute atomic E-state index is 0.247. The van der Waals surface area contributed by atoms with Crippen LogP contribution in [0.15, 0.2) is 35.1 Å². The van der Waals surface area contributed by atoms with Crippen LogP contribution >= 0.6 is 22.9 Å². The zero-order valence-electron chi connectivity index (χ0n) is 12.5. The molecule has 6 nitrogen and oxygen atoms in total. The van der Waals surface area contributed by atoms with Crippen molar-refractivity contribution in [1.29, 1.82) is 0 Å². The molecule has 118 valence electrons. The largest absolute Gasteiger partial charge is 0.361 e. The first-order valence-corrected chi connectivity index (χ1v) is 8.10. The lowest BCUT2D eigenvalue weighted by molar-refractivity contribution is 0.0985. The number of carbonyl (C=O) groups excluding carboxylic acids is 1. The summed E-state index contributed by atoms with van der Waals surface area (Å²) in [5.74, 6) is 0.366. The molecule has 3 heterocycles. The summed E-state index contributed by atoms with van der Waals surface area (Å²) in [6.45, 7) is 1.93. The summed E-state index contributed by atoms with van der Waals surface area (Å²) in [5.41, 5.74) is 1.10. The molecule has 0 bridgehead atoms. The molecule has 8 heteroatoms. The van der Waals surface area contributed by atoms with Crippen molar-refractivity contribution in [2.75, 3.05) is 11.9 Å². The van der Waals surface area contributed by atoms with Gasteiger partial charge in [-0.3, -0.25) is 14.7 Å². The first-order chi connectivity index (χ1) is 11.1. The number of hydrogen-bond donors (Lipinski definition) is 0. The van der Waals surface area contributed by atoms with E-state index in [0.717, 1.165) is 5.56 Å². The Bertz CT molecular complexity index is 831. The van der Waals surface area contributed by atoms with Crippen LogP contribution in [0.2, 0.25) is 5.15 Å². The van der Waals surface area contributed by atoms with Crippen LogP contribution in [0.1, 0.15) is 23.2 Å². The van der Waals surface area contributed by atoms with Crippen molar-refractivity contribution in [2.24, 2.45) is 0 Å². The number of amides is 1. The fourth-order valence-corrected chi connectivity index (χ4v) is 3.24. The molecular formula is C15H13ClN4O2S. The van der Waals surface area contributed by atoms with Gasteiger partial charge in [-0.05, 0) is 12.1 Å². The molecule has 0 saturated carbocycles. The molecule has 23 heavy (non-hydrogen) atoms. The van der Waals surface area contributed by atoms with Crippen LogP contribution in [0.25, 0.3) is 10.6 Å². The number of aryl methyl sites for hydroxylation is 1. The summed E-state index contributed by atoms with van der Waals surface area (Å²) in [4.78, 5) is 22.3. The van der Waals surface area contributed by atoms with Crippen LogP contribution in [0.3, 0.4) is 0 Å². The zero-order valence-corrected chi connectivity index (χ0v) is 14.1. The van der Waals surface area contributed by atoms with E-state index in [2.05, 4.69) is 15.1 Å². The first-order valence-electron chi connectivity index (χ1n) is 6.90. The van der Waals surface area contributed by atoms with Crippen molar-refractivity contribution in [3.8, 4) is 10.6 Å². The van der Waals surface area contributed by atoms with Crippen molar-refractivity contribution in [3.63, 3.8) is 0 Å². The second-order valence-electron chi connectivity index (χ2n) is 4.75. The lowest BCUT2D eigenvalue weighted by atomic mass is 10.3. The fourth-order valence-electron chi connectivity index (χ4n) is 1.96. The maximum atomic E-state index is 12.5. The second kappa shape index (κ2) is 6.47. The van der Waals surface area contributed by atoms with Crippen molar-refractivity contribution in [3.05, 3.63) is 47.2 Å². The maximum Gasteiger partial charge on any atom is 0.280 e. The molecular weight excluding hydrogens is 336 g/mol. The molecule has 3 aromatic heterocycles. The summed E-state index contributed by atoms with van der Waals surface area (Å²) in [7, 11) is 1.63. The normalized spacial score (nSPS) is 10.7. The Labute approximate surface area is 141 Å². The number of halogens is 1. The van der Waals surface area contributed by atoms with Crippen molar-refractivity contribution in [2.45, 2.75) is 13.3 Å². The molecule has 0 radical (unpaired) electrons. The van der Waals surface area contributed by atoms with E-state index >= 15 is 0 Å². The molecule has 0 unspecified atom stereocenters. The van der Waals surface area contributed by atoms with Gasteiger partial charge in [0.05, 0.1) is 0 Å². The van der Waals surface area contributed by atoms with Crippen molar-refractivity contribution < 1.29 is 9.32 Å². The summed E-state index contributed by atoms with van der Waals surface area (Å²) in [6, 6.07) is 5.34. The summed E-state index contributed by atoms with van der Waals surface area (Å²) in [5, 5.41) is 5.31.